The van der Waals surface area contributed by atoms with Crippen molar-refractivity contribution in [1.82, 2.24) is 4.90 Å². The molecule has 0 spiro atoms. The second-order valence-electron chi connectivity index (χ2n) is 4.51. The maximum atomic E-state index is 12.3. The molecule has 1 aromatic carbocycles. The first-order valence-corrected chi connectivity index (χ1v) is 5.92. The molecule has 1 saturated heterocycles. The van der Waals surface area contributed by atoms with Gasteiger partial charge in [0.25, 0.3) is 5.91 Å². The van der Waals surface area contributed by atoms with Gasteiger partial charge in [0.05, 0.1) is 0 Å². The fourth-order valence-corrected chi connectivity index (χ4v) is 2.10. The van der Waals surface area contributed by atoms with Crippen molar-refractivity contribution in [3.8, 4) is 0 Å². The van der Waals surface area contributed by atoms with Gasteiger partial charge in [-0.1, -0.05) is 18.2 Å². The third-order valence-electron chi connectivity index (χ3n) is 2.83. The number of piperidine rings is 1. The molecule has 0 bridgehead atoms. The van der Waals surface area contributed by atoms with E-state index in [0.717, 1.165) is 30.6 Å². The normalized spacial score (nSPS) is 18.6. The number of carbonyl (C=O) groups excluding carboxylic acids is 1. The number of rotatable bonds is 2. The van der Waals surface area contributed by atoms with Crippen molar-refractivity contribution in [2.24, 2.45) is 0 Å². The van der Waals surface area contributed by atoms with E-state index in [4.69, 9.17) is 0 Å². The number of para-hydroxylation sites is 1. The van der Waals surface area contributed by atoms with E-state index in [1.807, 2.05) is 60.4 Å². The number of hydrogen-bond donors (Lipinski definition) is 0. The minimum absolute atomic E-state index is 0.135. The largest absolute Gasteiger partial charge is 0.383 e. The molecule has 3 heteroatoms. The maximum absolute atomic E-state index is 12.3. The van der Waals surface area contributed by atoms with Crippen molar-refractivity contribution in [3.63, 3.8) is 0 Å². The van der Waals surface area contributed by atoms with Gasteiger partial charge in [0.2, 0.25) is 0 Å². The van der Waals surface area contributed by atoms with E-state index in [9.17, 15) is 4.79 Å². The molecule has 1 aliphatic heterocycles. The van der Waals surface area contributed by atoms with Crippen molar-refractivity contribution < 1.29 is 4.79 Å². The Morgan fingerprint density at radius 3 is 2.59 bits per heavy atom. The molecule has 0 aliphatic carbocycles. The average molecular weight is 230 g/mol. The van der Waals surface area contributed by atoms with Crippen LogP contribution in [0.5, 0.6) is 0 Å². The Morgan fingerprint density at radius 1 is 1.24 bits per heavy atom. The van der Waals surface area contributed by atoms with Crippen LogP contribution < -0.4 is 4.90 Å². The highest BCUT2D eigenvalue weighted by molar-refractivity contribution is 6.06. The van der Waals surface area contributed by atoms with Gasteiger partial charge in [-0.25, -0.2) is 0 Å². The molecule has 0 unspecified atom stereocenters. The summed E-state index contributed by atoms with van der Waals surface area (Å²) in [5, 5.41) is 0. The molecular formula is C14H18N2O. The van der Waals surface area contributed by atoms with Crippen LogP contribution in [-0.4, -0.2) is 31.4 Å². The summed E-state index contributed by atoms with van der Waals surface area (Å²) in [4.78, 5) is 16.1. The zero-order valence-corrected chi connectivity index (χ0v) is 10.4. The van der Waals surface area contributed by atoms with Crippen molar-refractivity contribution in [2.45, 2.75) is 12.8 Å². The van der Waals surface area contributed by atoms with E-state index >= 15 is 0 Å². The Hall–Kier alpha value is -1.77. The number of nitrogens with zero attached hydrogens (tertiary/aromatic N) is 2. The van der Waals surface area contributed by atoms with Gasteiger partial charge in [-0.2, -0.15) is 0 Å². The Kier molecular flexibility index (Phi) is 3.47. The van der Waals surface area contributed by atoms with Crippen molar-refractivity contribution >= 4 is 11.6 Å². The number of benzene rings is 1. The Morgan fingerprint density at radius 2 is 1.94 bits per heavy atom. The van der Waals surface area contributed by atoms with Gasteiger partial charge < -0.3 is 9.80 Å². The van der Waals surface area contributed by atoms with Crippen LogP contribution >= 0.6 is 0 Å². The van der Waals surface area contributed by atoms with Gasteiger partial charge >= 0.3 is 0 Å². The average Bonchev–Trinajstić information content (AvgIpc) is 2.32. The van der Waals surface area contributed by atoms with Crippen LogP contribution in [0.15, 0.2) is 42.1 Å². The summed E-state index contributed by atoms with van der Waals surface area (Å²) in [6.45, 7) is 0.813. The summed E-state index contributed by atoms with van der Waals surface area (Å²) in [5.41, 5.74) is 1.88. The van der Waals surface area contributed by atoms with E-state index in [1.54, 1.807) is 0 Å². The highest BCUT2D eigenvalue weighted by Crippen LogP contribution is 2.23. The maximum Gasteiger partial charge on any atom is 0.255 e. The zero-order valence-electron chi connectivity index (χ0n) is 10.4. The van der Waals surface area contributed by atoms with Crippen molar-refractivity contribution in [2.75, 3.05) is 25.5 Å². The predicted octanol–water partition coefficient (Wildman–Crippen LogP) is 2.26. The van der Waals surface area contributed by atoms with Gasteiger partial charge in [-0.15, -0.1) is 0 Å². The van der Waals surface area contributed by atoms with E-state index < -0.39 is 0 Å². The highest BCUT2D eigenvalue weighted by atomic mass is 16.2. The van der Waals surface area contributed by atoms with Crippen LogP contribution in [0.3, 0.4) is 0 Å². The van der Waals surface area contributed by atoms with E-state index in [1.165, 1.54) is 0 Å². The van der Waals surface area contributed by atoms with E-state index in [0.29, 0.717) is 0 Å². The zero-order chi connectivity index (χ0) is 12.3. The van der Waals surface area contributed by atoms with Crippen LogP contribution in [0.1, 0.15) is 12.8 Å². The molecule has 0 saturated carbocycles. The Balaban J connectivity index is 2.23. The smallest absolute Gasteiger partial charge is 0.255 e. The molecule has 90 valence electrons. The minimum atomic E-state index is 0.135. The van der Waals surface area contributed by atoms with Gasteiger partial charge in [-0.05, 0) is 25.0 Å². The molecule has 1 fully saturated rings. The quantitative estimate of drug-likeness (QED) is 0.728. The molecule has 1 aromatic rings. The van der Waals surface area contributed by atoms with Crippen LogP contribution in [0.2, 0.25) is 0 Å². The first-order chi connectivity index (χ1) is 8.18. The summed E-state index contributed by atoms with van der Waals surface area (Å²) in [7, 11) is 3.89. The lowest BCUT2D eigenvalue weighted by molar-refractivity contribution is -0.115. The first kappa shape index (κ1) is 11.7. The molecule has 3 nitrogen and oxygen atoms in total. The molecule has 17 heavy (non-hydrogen) atoms. The van der Waals surface area contributed by atoms with Crippen LogP contribution in [0.25, 0.3) is 0 Å². The third-order valence-corrected chi connectivity index (χ3v) is 2.83. The highest BCUT2D eigenvalue weighted by Gasteiger charge is 2.24. The Bertz CT molecular complexity index is 423. The lowest BCUT2D eigenvalue weighted by Crippen LogP contribution is -2.37. The summed E-state index contributed by atoms with van der Waals surface area (Å²) in [6.07, 6.45) is 3.83. The first-order valence-electron chi connectivity index (χ1n) is 5.92. The van der Waals surface area contributed by atoms with Crippen LogP contribution in [-0.2, 0) is 4.79 Å². The minimum Gasteiger partial charge on any atom is -0.383 e. The number of amides is 1. The lowest BCUT2D eigenvalue weighted by atomic mass is 10.0. The van der Waals surface area contributed by atoms with Gasteiger partial charge in [-0.3, -0.25) is 4.79 Å². The van der Waals surface area contributed by atoms with Gasteiger partial charge in [0, 0.05) is 38.1 Å². The van der Waals surface area contributed by atoms with Crippen molar-refractivity contribution in [3.05, 3.63) is 42.1 Å². The molecule has 0 N–H and O–H groups in total. The molecule has 1 aliphatic rings. The van der Waals surface area contributed by atoms with Gasteiger partial charge in [0.15, 0.2) is 0 Å². The third kappa shape index (κ3) is 2.67. The predicted molar refractivity (Wildman–Crippen MR) is 69.8 cm³/mol. The molecule has 2 rings (SSSR count). The molecule has 0 radical (unpaired) electrons. The van der Waals surface area contributed by atoms with Gasteiger partial charge in [0.1, 0.15) is 0 Å². The second kappa shape index (κ2) is 5.04. The molecule has 0 atom stereocenters. The standard InChI is InChI=1S/C14H18N2O/c1-15(2)11-12-7-6-10-16(14(12)17)13-8-4-3-5-9-13/h3-5,8-9,11H,6-7,10H2,1-2H3. The monoisotopic (exact) mass is 230 g/mol. The van der Waals surface area contributed by atoms with E-state index in [2.05, 4.69) is 0 Å². The molecule has 1 heterocycles. The molecule has 1 amide bonds. The summed E-state index contributed by atoms with van der Waals surface area (Å²) in [6, 6.07) is 9.86. The lowest BCUT2D eigenvalue weighted by Gasteiger charge is -2.29. The number of hydrogen-bond acceptors (Lipinski definition) is 2. The number of carbonyl (C=O) groups is 1. The van der Waals surface area contributed by atoms with E-state index in [-0.39, 0.29) is 5.91 Å². The summed E-state index contributed by atoms with van der Waals surface area (Å²) < 4.78 is 0. The fraction of sp³-hybridized carbons (Fsp3) is 0.357. The molecular weight excluding hydrogens is 212 g/mol. The summed E-state index contributed by atoms with van der Waals surface area (Å²) in [5.74, 6) is 0.135. The van der Waals surface area contributed by atoms with Crippen LogP contribution in [0, 0.1) is 0 Å². The Labute approximate surface area is 102 Å². The number of anilines is 1. The molecule has 0 aromatic heterocycles. The summed E-state index contributed by atoms with van der Waals surface area (Å²) >= 11 is 0. The SMILES string of the molecule is CN(C)C=C1CCCN(c2ccccc2)C1=O. The topological polar surface area (TPSA) is 23.6 Å². The van der Waals surface area contributed by atoms with Crippen LogP contribution in [0.4, 0.5) is 5.69 Å². The second-order valence-corrected chi connectivity index (χ2v) is 4.51. The fourth-order valence-electron chi connectivity index (χ4n) is 2.10. The van der Waals surface area contributed by atoms with Crippen molar-refractivity contribution in [1.29, 1.82) is 0 Å².